The summed E-state index contributed by atoms with van der Waals surface area (Å²) >= 11 is 4.91. The second kappa shape index (κ2) is 4.47. The SMILES string of the molecule is CC(C)[B]COCl. The van der Waals surface area contributed by atoms with Gasteiger partial charge in [0.1, 0.15) is 0 Å². The lowest BCUT2D eigenvalue weighted by Gasteiger charge is -1.95. The second-order valence-electron chi connectivity index (χ2n) is 1.76. The molecule has 0 rings (SSSR count). The lowest BCUT2D eigenvalue weighted by atomic mass is 9.68. The van der Waals surface area contributed by atoms with E-state index in [-0.39, 0.29) is 0 Å². The van der Waals surface area contributed by atoms with Crippen molar-refractivity contribution in [2.75, 3.05) is 6.51 Å². The molecule has 1 nitrogen and oxygen atoms in total. The van der Waals surface area contributed by atoms with Gasteiger partial charge in [-0.3, -0.25) is 4.29 Å². The molecule has 0 aliphatic heterocycles. The van der Waals surface area contributed by atoms with Crippen molar-refractivity contribution < 1.29 is 4.29 Å². The van der Waals surface area contributed by atoms with Crippen LogP contribution in [-0.4, -0.2) is 13.8 Å². The van der Waals surface area contributed by atoms with Crippen LogP contribution < -0.4 is 0 Å². The molecule has 0 amide bonds. The van der Waals surface area contributed by atoms with Gasteiger partial charge >= 0.3 is 0 Å². The van der Waals surface area contributed by atoms with Crippen molar-refractivity contribution in [2.45, 2.75) is 19.7 Å². The van der Waals surface area contributed by atoms with Crippen LogP contribution in [0, 0.1) is 0 Å². The minimum atomic E-state index is 0.541. The van der Waals surface area contributed by atoms with Gasteiger partial charge in [-0.2, -0.15) is 0 Å². The Balaban J connectivity index is 2.68. The smallest absolute Gasteiger partial charge is 0.150 e. The highest BCUT2D eigenvalue weighted by Gasteiger charge is 1.93. The molecule has 0 saturated carbocycles. The molecular weight excluding hydrogens is 110 g/mol. The molecule has 0 aromatic heterocycles. The summed E-state index contributed by atoms with van der Waals surface area (Å²) in [5.74, 6) is 0.568. The summed E-state index contributed by atoms with van der Waals surface area (Å²) in [6, 6.07) is 0. The van der Waals surface area contributed by atoms with Crippen LogP contribution in [0.25, 0.3) is 0 Å². The third kappa shape index (κ3) is 6.31. The fourth-order valence-corrected chi connectivity index (χ4v) is 0.302. The number of halogens is 1. The molecule has 3 heteroatoms. The van der Waals surface area contributed by atoms with E-state index in [9.17, 15) is 0 Å². The van der Waals surface area contributed by atoms with Gasteiger partial charge in [0.2, 0.25) is 0 Å². The van der Waals surface area contributed by atoms with Crippen molar-refractivity contribution in [3.63, 3.8) is 0 Å². The lowest BCUT2D eigenvalue weighted by Crippen LogP contribution is -2.01. The zero-order valence-electron chi connectivity index (χ0n) is 4.65. The third-order valence-electron chi connectivity index (χ3n) is 0.631. The molecule has 0 unspecified atom stereocenters. The predicted octanol–water partition coefficient (Wildman–Crippen LogP) is 1.65. The molecule has 0 spiro atoms. The van der Waals surface area contributed by atoms with Gasteiger partial charge in [-0.1, -0.05) is 19.7 Å². The summed E-state index contributed by atoms with van der Waals surface area (Å²) in [4.78, 5) is 0. The molecule has 0 heterocycles. The maximum Gasteiger partial charge on any atom is 0.150 e. The predicted molar refractivity (Wildman–Crippen MR) is 32.7 cm³/mol. The molecule has 0 atom stereocenters. The Hall–Kier alpha value is 0.315. The molecule has 0 aromatic rings. The van der Waals surface area contributed by atoms with Crippen LogP contribution in [0.5, 0.6) is 0 Å². The number of hydrogen-bond acceptors (Lipinski definition) is 1. The van der Waals surface area contributed by atoms with Gasteiger partial charge < -0.3 is 0 Å². The van der Waals surface area contributed by atoms with Gasteiger partial charge in [0, 0.05) is 6.51 Å². The molecule has 41 valence electrons. The topological polar surface area (TPSA) is 9.23 Å². The van der Waals surface area contributed by atoms with Crippen molar-refractivity contribution >= 4 is 19.1 Å². The summed E-state index contributed by atoms with van der Waals surface area (Å²) < 4.78 is 4.27. The first-order valence-corrected chi connectivity index (χ1v) is 2.65. The maximum atomic E-state index is 4.91. The Morgan fingerprint density at radius 2 is 2.29 bits per heavy atom. The highest BCUT2D eigenvalue weighted by atomic mass is 35.5. The van der Waals surface area contributed by atoms with Crippen molar-refractivity contribution in [3.8, 4) is 0 Å². The van der Waals surface area contributed by atoms with E-state index >= 15 is 0 Å². The number of rotatable bonds is 3. The van der Waals surface area contributed by atoms with E-state index in [4.69, 9.17) is 11.9 Å². The summed E-state index contributed by atoms with van der Waals surface area (Å²) in [5, 5.41) is 0. The van der Waals surface area contributed by atoms with Gasteiger partial charge in [0.25, 0.3) is 0 Å². The first kappa shape index (κ1) is 7.31. The Labute approximate surface area is 50.4 Å². The average Bonchev–Trinajstić information content (AvgIpc) is 1.61. The summed E-state index contributed by atoms with van der Waals surface area (Å²) in [5.41, 5.74) is 0. The van der Waals surface area contributed by atoms with Gasteiger partial charge in [-0.05, 0) is 0 Å². The minimum absolute atomic E-state index is 0.541. The molecule has 7 heavy (non-hydrogen) atoms. The molecule has 0 aliphatic rings. The van der Waals surface area contributed by atoms with Crippen LogP contribution >= 0.6 is 11.9 Å². The van der Waals surface area contributed by atoms with Crippen LogP contribution in [0.3, 0.4) is 0 Å². The minimum Gasteiger partial charge on any atom is -0.288 e. The van der Waals surface area contributed by atoms with Gasteiger partial charge in [0.15, 0.2) is 7.28 Å². The Bertz CT molecular complexity index is 40.7. The normalized spacial score (nSPS) is 9.71. The van der Waals surface area contributed by atoms with Crippen molar-refractivity contribution in [3.05, 3.63) is 0 Å². The molecule has 0 bridgehead atoms. The highest BCUT2D eigenvalue weighted by molar-refractivity contribution is 6.37. The van der Waals surface area contributed by atoms with E-state index < -0.39 is 0 Å². The van der Waals surface area contributed by atoms with Crippen molar-refractivity contribution in [2.24, 2.45) is 0 Å². The highest BCUT2D eigenvalue weighted by Crippen LogP contribution is 1.95. The number of hydrogen-bond donors (Lipinski definition) is 0. The fraction of sp³-hybridized carbons (Fsp3) is 1.00. The Morgan fingerprint density at radius 1 is 1.71 bits per heavy atom. The third-order valence-corrected chi connectivity index (χ3v) is 0.757. The molecule has 0 saturated heterocycles. The van der Waals surface area contributed by atoms with Crippen LogP contribution in [-0.2, 0) is 4.29 Å². The van der Waals surface area contributed by atoms with E-state index in [2.05, 4.69) is 18.1 Å². The van der Waals surface area contributed by atoms with Gasteiger partial charge in [0.05, 0.1) is 11.9 Å². The van der Waals surface area contributed by atoms with Crippen LogP contribution in [0.4, 0.5) is 0 Å². The maximum absolute atomic E-state index is 4.91. The summed E-state index contributed by atoms with van der Waals surface area (Å²) in [7, 11) is 1.99. The second-order valence-corrected chi connectivity index (χ2v) is 1.97. The molecule has 0 N–H and O–H groups in total. The van der Waals surface area contributed by atoms with E-state index in [0.717, 1.165) is 0 Å². The zero-order chi connectivity index (χ0) is 5.70. The molecule has 1 radical (unpaired) electrons. The van der Waals surface area contributed by atoms with Crippen LogP contribution in [0.15, 0.2) is 0 Å². The molecular formula is C4H9BClO. The Kier molecular flexibility index (Phi) is 4.67. The first-order valence-electron chi connectivity index (χ1n) is 2.34. The van der Waals surface area contributed by atoms with Gasteiger partial charge in [-0.15, -0.1) is 0 Å². The summed E-state index contributed by atoms with van der Waals surface area (Å²) in [6.45, 7) is 4.70. The molecule has 0 fully saturated rings. The summed E-state index contributed by atoms with van der Waals surface area (Å²) in [6.07, 6.45) is 0. The Morgan fingerprint density at radius 3 is 2.43 bits per heavy atom. The molecule has 0 aliphatic carbocycles. The fourth-order valence-electron chi connectivity index (χ4n) is 0.229. The van der Waals surface area contributed by atoms with Crippen molar-refractivity contribution in [1.29, 1.82) is 0 Å². The lowest BCUT2D eigenvalue weighted by molar-refractivity contribution is 0.427. The zero-order valence-corrected chi connectivity index (χ0v) is 5.40. The van der Waals surface area contributed by atoms with Gasteiger partial charge in [-0.25, -0.2) is 0 Å². The van der Waals surface area contributed by atoms with E-state index in [1.165, 1.54) is 0 Å². The van der Waals surface area contributed by atoms with Crippen LogP contribution in [0.2, 0.25) is 5.82 Å². The first-order chi connectivity index (χ1) is 3.27. The van der Waals surface area contributed by atoms with E-state index in [0.29, 0.717) is 12.3 Å². The largest absolute Gasteiger partial charge is 0.288 e. The van der Waals surface area contributed by atoms with E-state index in [1.807, 2.05) is 7.28 Å². The average molecular weight is 119 g/mol. The molecule has 0 aromatic carbocycles. The standard InChI is InChI=1S/C4H9BClO/c1-4(2)5-3-7-6/h4H,3H2,1-2H3. The monoisotopic (exact) mass is 119 g/mol. The quantitative estimate of drug-likeness (QED) is 0.513. The van der Waals surface area contributed by atoms with Crippen LogP contribution in [0.1, 0.15) is 13.8 Å². The van der Waals surface area contributed by atoms with Crippen molar-refractivity contribution in [1.82, 2.24) is 0 Å². The van der Waals surface area contributed by atoms with E-state index in [1.54, 1.807) is 0 Å².